The quantitative estimate of drug-likeness (QED) is 0.703. The fourth-order valence-electron chi connectivity index (χ4n) is 1.45. The Morgan fingerprint density at radius 2 is 2.22 bits per heavy atom. The van der Waals surface area contributed by atoms with Gasteiger partial charge in [-0.05, 0) is 20.4 Å². The molecule has 0 atom stereocenters. The topological polar surface area (TPSA) is 105 Å². The number of carboxylic acid groups (broad SMARTS) is 1. The zero-order valence-electron chi connectivity index (χ0n) is 10.4. The molecule has 1 aromatic rings. The molecule has 7 heteroatoms. The van der Waals surface area contributed by atoms with Crippen molar-refractivity contribution in [3.8, 4) is 0 Å². The standard InChI is InChI=1S/C11H17N3O3S/c1-11(2,5-9(15)16)14-10(17)7-6-18-8(13-7)3-4-12/h6H,3-5,12H2,1-2H3,(H,14,17)(H,15,16). The Balaban J connectivity index is 2.66. The highest BCUT2D eigenvalue weighted by Gasteiger charge is 2.25. The number of amides is 1. The van der Waals surface area contributed by atoms with Gasteiger partial charge in [-0.1, -0.05) is 0 Å². The first-order chi connectivity index (χ1) is 8.34. The van der Waals surface area contributed by atoms with Crippen LogP contribution in [0.25, 0.3) is 0 Å². The molecular weight excluding hydrogens is 254 g/mol. The number of rotatable bonds is 6. The molecule has 4 N–H and O–H groups in total. The maximum absolute atomic E-state index is 11.9. The zero-order valence-corrected chi connectivity index (χ0v) is 11.2. The van der Waals surface area contributed by atoms with Crippen LogP contribution in [0.2, 0.25) is 0 Å². The summed E-state index contributed by atoms with van der Waals surface area (Å²) in [6, 6.07) is 0. The first kappa shape index (κ1) is 14.6. The van der Waals surface area contributed by atoms with Gasteiger partial charge in [-0.15, -0.1) is 11.3 Å². The maximum Gasteiger partial charge on any atom is 0.305 e. The predicted molar refractivity (Wildman–Crippen MR) is 68.7 cm³/mol. The Bertz CT molecular complexity index is 442. The first-order valence-corrected chi connectivity index (χ1v) is 6.41. The number of nitrogens with zero attached hydrogens (tertiary/aromatic N) is 1. The number of carbonyl (C=O) groups is 2. The van der Waals surface area contributed by atoms with Gasteiger partial charge in [0.15, 0.2) is 0 Å². The summed E-state index contributed by atoms with van der Waals surface area (Å²) in [5.74, 6) is -1.32. The van der Waals surface area contributed by atoms with Crippen LogP contribution in [0.15, 0.2) is 5.38 Å². The van der Waals surface area contributed by atoms with Crippen LogP contribution in [-0.2, 0) is 11.2 Å². The third-order valence-electron chi connectivity index (χ3n) is 2.19. The molecule has 18 heavy (non-hydrogen) atoms. The van der Waals surface area contributed by atoms with Crippen molar-refractivity contribution in [3.63, 3.8) is 0 Å². The highest BCUT2D eigenvalue weighted by molar-refractivity contribution is 7.09. The van der Waals surface area contributed by atoms with Gasteiger partial charge >= 0.3 is 5.97 Å². The minimum Gasteiger partial charge on any atom is -0.481 e. The smallest absolute Gasteiger partial charge is 0.305 e. The van der Waals surface area contributed by atoms with Gasteiger partial charge in [0, 0.05) is 17.3 Å². The SMILES string of the molecule is CC(C)(CC(=O)O)NC(=O)c1csc(CCN)n1. The van der Waals surface area contributed by atoms with Crippen molar-refractivity contribution in [3.05, 3.63) is 16.1 Å². The van der Waals surface area contributed by atoms with Gasteiger partial charge in [-0.25, -0.2) is 4.98 Å². The van der Waals surface area contributed by atoms with Gasteiger partial charge in [0.1, 0.15) is 5.69 Å². The highest BCUT2D eigenvalue weighted by atomic mass is 32.1. The predicted octanol–water partition coefficient (Wildman–Crippen LogP) is 0.627. The molecule has 0 fully saturated rings. The Kier molecular flexibility index (Phi) is 4.80. The number of nitrogens with two attached hydrogens (primary N) is 1. The van der Waals surface area contributed by atoms with E-state index in [9.17, 15) is 9.59 Å². The highest BCUT2D eigenvalue weighted by Crippen LogP contribution is 2.13. The number of carboxylic acids is 1. The molecule has 0 bridgehead atoms. The lowest BCUT2D eigenvalue weighted by Crippen LogP contribution is -2.45. The molecule has 0 aliphatic rings. The molecule has 6 nitrogen and oxygen atoms in total. The van der Waals surface area contributed by atoms with Gasteiger partial charge in [-0.3, -0.25) is 9.59 Å². The number of nitrogens with one attached hydrogen (secondary N) is 1. The van der Waals surface area contributed by atoms with E-state index in [0.717, 1.165) is 5.01 Å². The van der Waals surface area contributed by atoms with E-state index in [1.807, 2.05) is 0 Å². The second kappa shape index (κ2) is 5.92. The molecule has 0 spiro atoms. The van der Waals surface area contributed by atoms with Crippen molar-refractivity contribution in [2.24, 2.45) is 5.73 Å². The number of aromatic nitrogens is 1. The van der Waals surface area contributed by atoms with Gasteiger partial charge < -0.3 is 16.2 Å². The third-order valence-corrected chi connectivity index (χ3v) is 3.10. The van der Waals surface area contributed by atoms with Gasteiger partial charge in [0.25, 0.3) is 5.91 Å². The summed E-state index contributed by atoms with van der Waals surface area (Å²) in [4.78, 5) is 26.7. The normalized spacial score (nSPS) is 11.3. The lowest BCUT2D eigenvalue weighted by atomic mass is 10.0. The Hall–Kier alpha value is -1.47. The van der Waals surface area contributed by atoms with E-state index in [0.29, 0.717) is 18.7 Å². The minimum atomic E-state index is -0.956. The molecule has 0 radical (unpaired) electrons. The number of thiazole rings is 1. The van der Waals surface area contributed by atoms with Crippen molar-refractivity contribution in [2.75, 3.05) is 6.54 Å². The van der Waals surface area contributed by atoms with Crippen molar-refractivity contribution in [1.82, 2.24) is 10.3 Å². The monoisotopic (exact) mass is 271 g/mol. The number of aliphatic carboxylic acids is 1. The van der Waals surface area contributed by atoms with E-state index in [4.69, 9.17) is 10.8 Å². The maximum atomic E-state index is 11.9. The van der Waals surface area contributed by atoms with E-state index in [2.05, 4.69) is 10.3 Å². The van der Waals surface area contributed by atoms with Gasteiger partial charge in [0.05, 0.1) is 11.4 Å². The van der Waals surface area contributed by atoms with E-state index in [1.165, 1.54) is 11.3 Å². The van der Waals surface area contributed by atoms with Crippen molar-refractivity contribution >= 4 is 23.2 Å². The van der Waals surface area contributed by atoms with Crippen molar-refractivity contribution in [1.29, 1.82) is 0 Å². The molecule has 1 amide bonds. The fourth-order valence-corrected chi connectivity index (χ4v) is 2.24. The molecule has 1 rings (SSSR count). The van der Waals surface area contributed by atoms with Crippen LogP contribution in [0.4, 0.5) is 0 Å². The van der Waals surface area contributed by atoms with E-state index >= 15 is 0 Å². The van der Waals surface area contributed by atoms with Crippen LogP contribution >= 0.6 is 11.3 Å². The van der Waals surface area contributed by atoms with Crippen LogP contribution in [-0.4, -0.2) is 34.1 Å². The van der Waals surface area contributed by atoms with Crippen molar-refractivity contribution < 1.29 is 14.7 Å². The largest absolute Gasteiger partial charge is 0.481 e. The Labute approximate surface area is 109 Å². The molecular formula is C11H17N3O3S. The summed E-state index contributed by atoms with van der Waals surface area (Å²) in [5.41, 5.74) is 4.91. The molecule has 100 valence electrons. The summed E-state index contributed by atoms with van der Waals surface area (Å²) >= 11 is 1.37. The molecule has 1 heterocycles. The number of hydrogen-bond acceptors (Lipinski definition) is 5. The second-order valence-corrected chi connectivity index (χ2v) is 5.52. The summed E-state index contributed by atoms with van der Waals surface area (Å²) in [7, 11) is 0. The van der Waals surface area contributed by atoms with Crippen LogP contribution in [0.3, 0.4) is 0 Å². The first-order valence-electron chi connectivity index (χ1n) is 5.53. The summed E-state index contributed by atoms with van der Waals surface area (Å²) in [6.07, 6.45) is 0.495. The Morgan fingerprint density at radius 1 is 1.56 bits per heavy atom. The average molecular weight is 271 g/mol. The van der Waals surface area contributed by atoms with Crippen LogP contribution < -0.4 is 11.1 Å². The molecule has 0 aliphatic heterocycles. The number of hydrogen-bond donors (Lipinski definition) is 3. The average Bonchev–Trinajstić information content (AvgIpc) is 2.63. The van der Waals surface area contributed by atoms with E-state index < -0.39 is 11.5 Å². The van der Waals surface area contributed by atoms with Gasteiger partial charge in [-0.2, -0.15) is 0 Å². The fraction of sp³-hybridized carbons (Fsp3) is 0.545. The molecule has 0 aliphatic carbocycles. The lowest BCUT2D eigenvalue weighted by molar-refractivity contribution is -0.138. The van der Waals surface area contributed by atoms with Crippen LogP contribution in [0.1, 0.15) is 35.8 Å². The third kappa shape index (κ3) is 4.42. The summed E-state index contributed by atoms with van der Waals surface area (Å²) < 4.78 is 0. The molecule has 0 saturated heterocycles. The van der Waals surface area contributed by atoms with E-state index in [-0.39, 0.29) is 12.3 Å². The summed E-state index contributed by atoms with van der Waals surface area (Å²) in [6.45, 7) is 3.80. The zero-order chi connectivity index (χ0) is 13.8. The van der Waals surface area contributed by atoms with Crippen molar-refractivity contribution in [2.45, 2.75) is 32.2 Å². The number of carbonyl (C=O) groups excluding carboxylic acids is 1. The summed E-state index contributed by atoms with van der Waals surface area (Å²) in [5, 5.41) is 13.8. The molecule has 1 aromatic heterocycles. The molecule has 0 aromatic carbocycles. The lowest BCUT2D eigenvalue weighted by Gasteiger charge is -2.23. The van der Waals surface area contributed by atoms with Crippen LogP contribution in [0, 0.1) is 0 Å². The minimum absolute atomic E-state index is 0.140. The van der Waals surface area contributed by atoms with Gasteiger partial charge in [0.2, 0.25) is 0 Å². The van der Waals surface area contributed by atoms with Crippen LogP contribution in [0.5, 0.6) is 0 Å². The molecule has 0 unspecified atom stereocenters. The Morgan fingerprint density at radius 3 is 2.78 bits per heavy atom. The second-order valence-electron chi connectivity index (χ2n) is 4.57. The molecule has 0 saturated carbocycles. The van der Waals surface area contributed by atoms with E-state index in [1.54, 1.807) is 19.2 Å².